The normalized spacial score (nSPS) is 13.4. The van der Waals surface area contributed by atoms with Crippen LogP contribution >= 0.6 is 11.8 Å². The molecular weight excluding hydrogens is 667 g/mol. The fraction of sp³-hybridized carbons (Fsp3) is 0.0638. The van der Waals surface area contributed by atoms with Crippen molar-refractivity contribution in [2.75, 3.05) is 14.7 Å². The summed E-state index contributed by atoms with van der Waals surface area (Å²) in [5, 5.41) is 9.67. The summed E-state index contributed by atoms with van der Waals surface area (Å²) in [4.78, 5) is 13.0. The average Bonchev–Trinajstić information content (AvgIpc) is 3.20. The Kier molecular flexibility index (Phi) is 7.77. The fourth-order valence-corrected chi connectivity index (χ4v) is 8.76. The van der Waals surface area contributed by atoms with Gasteiger partial charge in [-0.15, -0.1) is 0 Å². The third kappa shape index (κ3) is 5.40. The second kappa shape index (κ2) is 12.8. The molecule has 0 atom stereocenters. The van der Waals surface area contributed by atoms with Gasteiger partial charge in [-0.3, -0.25) is 0 Å². The number of fused-ring (bicyclic) bond motifs is 4. The molecule has 0 unspecified atom stereocenters. The van der Waals surface area contributed by atoms with Crippen LogP contribution in [-0.2, 0) is 5.41 Å². The lowest BCUT2D eigenvalue weighted by Crippen LogP contribution is -2.30. The zero-order valence-corrected chi connectivity index (χ0v) is 30.0. The molecule has 2 heterocycles. The van der Waals surface area contributed by atoms with Crippen molar-refractivity contribution in [2.24, 2.45) is 0 Å². The molecule has 252 valence electrons. The largest absolute Gasteiger partial charge is 0.310 e. The van der Waals surface area contributed by atoms with Crippen LogP contribution in [0.5, 0.6) is 0 Å². The highest BCUT2D eigenvalue weighted by Crippen LogP contribution is 2.56. The van der Waals surface area contributed by atoms with E-state index in [9.17, 15) is 5.26 Å². The summed E-state index contributed by atoms with van der Waals surface area (Å²) < 4.78 is 0. The summed E-state index contributed by atoms with van der Waals surface area (Å²) in [6.45, 7) is 12.2. The number of hydrogen-bond donors (Lipinski definition) is 0. The zero-order chi connectivity index (χ0) is 36.1. The van der Waals surface area contributed by atoms with Crippen LogP contribution in [0, 0.1) is 17.9 Å². The molecule has 7 aromatic carbocycles. The number of hydrogen-bond acceptors (Lipinski definition) is 5. The highest BCUT2D eigenvalue weighted by atomic mass is 32.2. The Bertz CT molecular complexity index is 2460. The van der Waals surface area contributed by atoms with E-state index in [0.29, 0.717) is 11.3 Å². The van der Waals surface area contributed by atoms with Crippen LogP contribution in [0.15, 0.2) is 174 Å². The first-order valence-electron chi connectivity index (χ1n) is 17.5. The summed E-state index contributed by atoms with van der Waals surface area (Å²) in [7, 11) is 0. The van der Waals surface area contributed by atoms with Gasteiger partial charge in [0.2, 0.25) is 0 Å². The molecule has 0 saturated carbocycles. The maximum absolute atomic E-state index is 9.67. The van der Waals surface area contributed by atoms with Gasteiger partial charge in [-0.2, -0.15) is 5.26 Å². The van der Waals surface area contributed by atoms with Crippen LogP contribution in [0.2, 0.25) is 0 Å². The van der Waals surface area contributed by atoms with Crippen LogP contribution in [0.25, 0.3) is 4.85 Å². The summed E-state index contributed by atoms with van der Waals surface area (Å²) in [6, 6.07) is 59.1. The predicted molar refractivity (Wildman–Crippen MR) is 218 cm³/mol. The van der Waals surface area contributed by atoms with Gasteiger partial charge < -0.3 is 14.7 Å². The maximum atomic E-state index is 9.67. The summed E-state index contributed by atoms with van der Waals surface area (Å²) in [5.41, 5.74) is 12.8. The number of rotatable bonds is 5. The fourth-order valence-electron chi connectivity index (χ4n) is 7.71. The van der Waals surface area contributed by atoms with Crippen LogP contribution in [-0.4, -0.2) is 0 Å². The van der Waals surface area contributed by atoms with Crippen LogP contribution in [0.4, 0.5) is 56.9 Å². The lowest BCUT2D eigenvalue weighted by molar-refractivity contribution is 0.632. The van der Waals surface area contributed by atoms with E-state index in [0.717, 1.165) is 51.2 Å². The molecule has 0 amide bonds. The monoisotopic (exact) mass is 699 g/mol. The first-order chi connectivity index (χ1) is 25.9. The Labute approximate surface area is 314 Å². The van der Waals surface area contributed by atoms with E-state index < -0.39 is 0 Å². The number of benzene rings is 7. The molecule has 0 bridgehead atoms. The van der Waals surface area contributed by atoms with E-state index in [1.165, 1.54) is 20.9 Å². The molecule has 53 heavy (non-hydrogen) atoms. The quantitative estimate of drug-likeness (QED) is 0.167. The van der Waals surface area contributed by atoms with Gasteiger partial charge in [0, 0.05) is 26.6 Å². The Morgan fingerprint density at radius 2 is 1.02 bits per heavy atom. The van der Waals surface area contributed by atoms with Gasteiger partial charge in [0.15, 0.2) is 5.69 Å². The Balaban J connectivity index is 1.35. The minimum Gasteiger partial charge on any atom is -0.310 e. The van der Waals surface area contributed by atoms with E-state index >= 15 is 0 Å². The van der Waals surface area contributed by atoms with Gasteiger partial charge >= 0.3 is 0 Å². The van der Waals surface area contributed by atoms with Crippen LogP contribution < -0.4 is 14.7 Å². The first kappa shape index (κ1) is 32.2. The van der Waals surface area contributed by atoms with Gasteiger partial charge in [-0.25, -0.2) is 4.85 Å². The van der Waals surface area contributed by atoms with Gasteiger partial charge in [0.1, 0.15) is 0 Å². The van der Waals surface area contributed by atoms with Crippen LogP contribution in [0.3, 0.4) is 0 Å². The van der Waals surface area contributed by atoms with Crippen LogP contribution in [0.1, 0.15) is 30.5 Å². The number of anilines is 9. The standard InChI is InChI=1S/C47H33N5S/c1-47(2)39-12-4-6-14-41(39)51(42-15-7-5-13-40(42)47)37-28-36(50(34-24-20-32(31-48)21-25-34)35-26-22-33(49-3)23-27-35)29-38(30-37)52-43-16-8-10-18-45(43)53-46-19-11-9-17-44(46)52/h4-30H,1-2H3. The molecule has 0 saturated heterocycles. The smallest absolute Gasteiger partial charge is 0.187 e. The minimum atomic E-state index is -0.203. The second-order valence-electron chi connectivity index (χ2n) is 13.7. The summed E-state index contributed by atoms with van der Waals surface area (Å²) >= 11 is 1.79. The van der Waals surface area contributed by atoms with Gasteiger partial charge in [-0.1, -0.05) is 98.4 Å². The second-order valence-corrected chi connectivity index (χ2v) is 14.8. The Hall–Kier alpha value is -6.73. The van der Waals surface area contributed by atoms with Crippen molar-refractivity contribution in [2.45, 2.75) is 29.1 Å². The SMILES string of the molecule is [C-]#[N+]c1ccc(N(c2ccc(C#N)cc2)c2cc(N3c4ccccc4Sc4ccccc43)cc(N3c4ccccc4C(C)(C)c4ccccc43)c2)cc1. The minimum absolute atomic E-state index is 0.203. The van der Waals surface area contributed by atoms with Crippen molar-refractivity contribution < 1.29 is 0 Å². The van der Waals surface area contributed by atoms with Crippen molar-refractivity contribution in [3.8, 4) is 6.07 Å². The predicted octanol–water partition coefficient (Wildman–Crippen LogP) is 13.6. The molecular formula is C47H33N5S. The number of nitrogens with zero attached hydrogens (tertiary/aromatic N) is 5. The molecule has 9 rings (SSSR count). The molecule has 0 fully saturated rings. The summed E-state index contributed by atoms with van der Waals surface area (Å²) in [5.74, 6) is 0. The van der Waals surface area contributed by atoms with E-state index in [2.05, 4.69) is 155 Å². The molecule has 0 aromatic heterocycles. The molecule has 7 aromatic rings. The highest BCUT2D eigenvalue weighted by Gasteiger charge is 2.37. The number of para-hydroxylation sites is 4. The Morgan fingerprint density at radius 3 is 1.53 bits per heavy atom. The topological polar surface area (TPSA) is 37.9 Å². The molecule has 0 spiro atoms. The lowest BCUT2D eigenvalue weighted by atomic mass is 9.73. The van der Waals surface area contributed by atoms with Crippen molar-refractivity contribution in [3.05, 3.63) is 192 Å². The zero-order valence-electron chi connectivity index (χ0n) is 29.2. The maximum Gasteiger partial charge on any atom is 0.187 e. The molecule has 0 aliphatic carbocycles. The molecule has 2 aliphatic rings. The lowest BCUT2D eigenvalue weighted by Gasteiger charge is -2.42. The van der Waals surface area contributed by atoms with E-state index in [1.54, 1.807) is 11.8 Å². The first-order valence-corrected chi connectivity index (χ1v) is 18.3. The molecule has 0 radical (unpaired) electrons. The third-order valence-corrected chi connectivity index (χ3v) is 11.4. The Morgan fingerprint density at radius 1 is 0.566 bits per heavy atom. The van der Waals surface area contributed by atoms with Gasteiger partial charge in [0.05, 0.1) is 58.0 Å². The van der Waals surface area contributed by atoms with Crippen molar-refractivity contribution in [1.29, 1.82) is 5.26 Å². The van der Waals surface area contributed by atoms with Gasteiger partial charge in [0.25, 0.3) is 0 Å². The van der Waals surface area contributed by atoms with Crippen molar-refractivity contribution in [1.82, 2.24) is 0 Å². The highest BCUT2D eigenvalue weighted by molar-refractivity contribution is 7.99. The molecule has 6 heteroatoms. The average molecular weight is 700 g/mol. The summed E-state index contributed by atoms with van der Waals surface area (Å²) in [6.07, 6.45) is 0. The third-order valence-electron chi connectivity index (χ3n) is 10.2. The molecule has 5 nitrogen and oxygen atoms in total. The molecule has 2 aliphatic heterocycles. The van der Waals surface area contributed by atoms with E-state index in [-0.39, 0.29) is 5.41 Å². The van der Waals surface area contributed by atoms with Crippen molar-refractivity contribution >= 4 is 68.6 Å². The van der Waals surface area contributed by atoms with Crippen molar-refractivity contribution in [3.63, 3.8) is 0 Å². The number of nitriles is 1. The molecule has 0 N–H and O–H groups in total. The van der Waals surface area contributed by atoms with E-state index in [4.69, 9.17) is 6.57 Å². The van der Waals surface area contributed by atoms with Gasteiger partial charge in [-0.05, 0) is 102 Å². The van der Waals surface area contributed by atoms with E-state index in [1.807, 2.05) is 48.5 Å².